The van der Waals surface area contributed by atoms with Crippen LogP contribution in [0.1, 0.15) is 12.5 Å². The highest BCUT2D eigenvalue weighted by molar-refractivity contribution is 14.1. The third-order valence-electron chi connectivity index (χ3n) is 3.45. The molecule has 0 aliphatic carbocycles. The largest absolute Gasteiger partial charge is 0.497 e. The molecular weight excluding hydrogens is 564 g/mol. The van der Waals surface area contributed by atoms with Gasteiger partial charge in [0, 0.05) is 13.3 Å². The van der Waals surface area contributed by atoms with Crippen LogP contribution in [0.3, 0.4) is 0 Å². The van der Waals surface area contributed by atoms with Gasteiger partial charge in [0.25, 0.3) is 0 Å². The van der Waals surface area contributed by atoms with Gasteiger partial charge in [0.2, 0.25) is 5.91 Å². The predicted molar refractivity (Wildman–Crippen MR) is 114 cm³/mol. The predicted octanol–water partition coefficient (Wildman–Crippen LogP) is 3.83. The fraction of sp³-hybridized carbons (Fsp3) is 0.222. The van der Waals surface area contributed by atoms with Crippen LogP contribution in [0.15, 0.2) is 36.4 Å². The minimum absolute atomic E-state index is 0.198. The number of hydrogen-bond donors (Lipinski definition) is 2. The molecule has 0 saturated heterocycles. The van der Waals surface area contributed by atoms with Crippen molar-refractivity contribution in [2.45, 2.75) is 19.4 Å². The van der Waals surface area contributed by atoms with Gasteiger partial charge in [-0.15, -0.1) is 0 Å². The van der Waals surface area contributed by atoms with Crippen molar-refractivity contribution in [3.63, 3.8) is 0 Å². The van der Waals surface area contributed by atoms with Crippen molar-refractivity contribution in [1.29, 1.82) is 0 Å². The van der Waals surface area contributed by atoms with Gasteiger partial charge in [0.15, 0.2) is 5.75 Å². The monoisotopic (exact) mass is 581 g/mol. The zero-order chi connectivity index (χ0) is 19.3. The van der Waals surface area contributed by atoms with Crippen molar-refractivity contribution in [3.8, 4) is 17.2 Å². The molecule has 0 unspecified atom stereocenters. The van der Waals surface area contributed by atoms with Gasteiger partial charge in [-0.2, -0.15) is 0 Å². The SMILES string of the molecule is COc1ccc(Oc2c(I)cc(C[C@H](NC(C)=O)C(=O)O)cc2I)cc1. The van der Waals surface area contributed by atoms with Gasteiger partial charge in [-0.1, -0.05) is 0 Å². The number of benzene rings is 2. The first-order chi connectivity index (χ1) is 12.3. The zero-order valence-electron chi connectivity index (χ0n) is 14.1. The van der Waals surface area contributed by atoms with E-state index in [1.807, 2.05) is 36.4 Å². The first-order valence-corrected chi connectivity index (χ1v) is 9.75. The zero-order valence-corrected chi connectivity index (χ0v) is 18.4. The lowest BCUT2D eigenvalue weighted by Gasteiger charge is -2.16. The lowest BCUT2D eigenvalue weighted by Crippen LogP contribution is -2.41. The lowest BCUT2D eigenvalue weighted by atomic mass is 10.1. The number of aliphatic carboxylic acids is 1. The number of rotatable bonds is 7. The van der Waals surface area contributed by atoms with Crippen molar-refractivity contribution >= 4 is 57.1 Å². The fourth-order valence-corrected chi connectivity index (χ4v) is 4.39. The maximum atomic E-state index is 11.3. The highest BCUT2D eigenvalue weighted by Crippen LogP contribution is 2.33. The molecule has 8 heteroatoms. The summed E-state index contributed by atoms with van der Waals surface area (Å²) < 4.78 is 12.8. The van der Waals surface area contributed by atoms with Gasteiger partial charge in [0.05, 0.1) is 14.3 Å². The van der Waals surface area contributed by atoms with Crippen LogP contribution in [-0.4, -0.2) is 30.1 Å². The molecular formula is C18H17I2NO5. The Bertz CT molecular complexity index is 785. The van der Waals surface area contributed by atoms with Crippen LogP contribution in [0.25, 0.3) is 0 Å². The number of carboxylic acids is 1. The van der Waals surface area contributed by atoms with E-state index >= 15 is 0 Å². The number of hydrogen-bond acceptors (Lipinski definition) is 4. The topological polar surface area (TPSA) is 84.9 Å². The van der Waals surface area contributed by atoms with E-state index in [0.717, 1.165) is 18.5 Å². The summed E-state index contributed by atoms with van der Waals surface area (Å²) in [5, 5.41) is 11.7. The highest BCUT2D eigenvalue weighted by Gasteiger charge is 2.20. The molecule has 0 heterocycles. The molecule has 0 aromatic heterocycles. The number of carbonyl (C=O) groups excluding carboxylic acids is 1. The standard InChI is InChI=1S/C18H17I2NO5/c1-10(22)21-16(18(23)24)9-11-7-14(19)17(15(20)8-11)26-13-5-3-12(25-2)4-6-13/h3-8,16H,9H2,1-2H3,(H,21,22)(H,23,24)/t16-/m0/s1. The van der Waals surface area contributed by atoms with Gasteiger partial charge < -0.3 is 19.9 Å². The summed E-state index contributed by atoms with van der Waals surface area (Å²) in [6, 6.07) is 10.0. The number of nitrogens with one attached hydrogen (secondary N) is 1. The highest BCUT2D eigenvalue weighted by atomic mass is 127. The molecule has 0 spiro atoms. The van der Waals surface area contributed by atoms with Crippen molar-refractivity contribution < 1.29 is 24.2 Å². The average molecular weight is 581 g/mol. The van der Waals surface area contributed by atoms with E-state index in [4.69, 9.17) is 9.47 Å². The Labute approximate surface area is 178 Å². The second-order valence-electron chi connectivity index (χ2n) is 5.46. The summed E-state index contributed by atoms with van der Waals surface area (Å²) in [7, 11) is 1.60. The normalized spacial score (nSPS) is 11.5. The van der Waals surface area contributed by atoms with Gasteiger partial charge in [-0.3, -0.25) is 4.79 Å². The van der Waals surface area contributed by atoms with Gasteiger partial charge >= 0.3 is 5.97 Å². The molecule has 2 N–H and O–H groups in total. The van der Waals surface area contributed by atoms with E-state index < -0.39 is 12.0 Å². The van der Waals surface area contributed by atoms with Crippen molar-refractivity contribution in [1.82, 2.24) is 5.32 Å². The van der Waals surface area contributed by atoms with Crippen molar-refractivity contribution in [2.24, 2.45) is 0 Å². The molecule has 2 rings (SSSR count). The lowest BCUT2D eigenvalue weighted by molar-refractivity contribution is -0.141. The summed E-state index contributed by atoms with van der Waals surface area (Å²) >= 11 is 4.31. The molecule has 0 saturated carbocycles. The molecule has 1 atom stereocenters. The molecule has 138 valence electrons. The average Bonchev–Trinajstić information content (AvgIpc) is 2.57. The molecule has 26 heavy (non-hydrogen) atoms. The maximum absolute atomic E-state index is 11.3. The molecule has 2 aromatic rings. The second-order valence-corrected chi connectivity index (χ2v) is 7.79. The van der Waals surface area contributed by atoms with Gasteiger partial charge in [-0.05, 0) is 87.1 Å². The van der Waals surface area contributed by atoms with Crippen LogP contribution >= 0.6 is 45.2 Å². The number of carbonyl (C=O) groups is 2. The van der Waals surface area contributed by atoms with Gasteiger partial charge in [-0.25, -0.2) is 4.79 Å². The van der Waals surface area contributed by atoms with E-state index in [9.17, 15) is 14.7 Å². The summed E-state index contributed by atoms with van der Waals surface area (Å²) in [5.74, 6) is 0.683. The first kappa shape index (κ1) is 20.7. The maximum Gasteiger partial charge on any atom is 0.326 e. The van der Waals surface area contributed by atoms with Crippen molar-refractivity contribution in [3.05, 3.63) is 49.1 Å². The Morgan fingerprint density at radius 2 is 1.65 bits per heavy atom. The molecule has 1 amide bonds. The molecule has 6 nitrogen and oxygen atoms in total. The Hall–Kier alpha value is -1.56. The quantitative estimate of drug-likeness (QED) is 0.486. The summed E-state index contributed by atoms with van der Waals surface area (Å²) in [4.78, 5) is 22.5. The smallest absolute Gasteiger partial charge is 0.326 e. The summed E-state index contributed by atoms with van der Waals surface area (Å²) in [5.41, 5.74) is 0.807. The van der Waals surface area contributed by atoms with E-state index in [0.29, 0.717) is 11.5 Å². The van der Waals surface area contributed by atoms with E-state index in [1.54, 1.807) is 7.11 Å². The van der Waals surface area contributed by atoms with Crippen LogP contribution in [0.5, 0.6) is 17.2 Å². The number of carboxylic acid groups (broad SMARTS) is 1. The van der Waals surface area contributed by atoms with E-state index in [1.165, 1.54) is 6.92 Å². The molecule has 0 radical (unpaired) electrons. The fourth-order valence-electron chi connectivity index (χ4n) is 2.27. The summed E-state index contributed by atoms with van der Waals surface area (Å²) in [6.45, 7) is 1.30. The summed E-state index contributed by atoms with van der Waals surface area (Å²) in [6.07, 6.45) is 0.198. The molecule has 0 fully saturated rings. The molecule has 2 aromatic carbocycles. The van der Waals surface area contributed by atoms with Gasteiger partial charge in [0.1, 0.15) is 17.5 Å². The Morgan fingerprint density at radius 1 is 1.12 bits per heavy atom. The third-order valence-corrected chi connectivity index (χ3v) is 5.06. The van der Waals surface area contributed by atoms with Crippen LogP contribution < -0.4 is 14.8 Å². The van der Waals surface area contributed by atoms with Crippen LogP contribution in [0, 0.1) is 7.14 Å². The Morgan fingerprint density at radius 3 is 2.12 bits per heavy atom. The van der Waals surface area contributed by atoms with E-state index in [-0.39, 0.29) is 12.3 Å². The Kier molecular flexibility index (Phi) is 7.50. The molecule has 0 aliphatic heterocycles. The van der Waals surface area contributed by atoms with E-state index in [2.05, 4.69) is 50.5 Å². The molecule has 0 aliphatic rings. The van der Waals surface area contributed by atoms with Crippen LogP contribution in [-0.2, 0) is 16.0 Å². The van der Waals surface area contributed by atoms with Crippen molar-refractivity contribution in [2.75, 3.05) is 7.11 Å². The number of halogens is 2. The number of ether oxygens (including phenoxy) is 2. The third kappa shape index (κ3) is 5.73. The Balaban J connectivity index is 2.20. The minimum Gasteiger partial charge on any atom is -0.497 e. The second kappa shape index (κ2) is 9.40. The van der Waals surface area contributed by atoms with Crippen LogP contribution in [0.2, 0.25) is 0 Å². The number of methoxy groups -OCH3 is 1. The molecule has 0 bridgehead atoms. The first-order valence-electron chi connectivity index (χ1n) is 7.60. The van der Waals surface area contributed by atoms with Crippen LogP contribution in [0.4, 0.5) is 0 Å². The number of amides is 1. The minimum atomic E-state index is -1.07.